The van der Waals surface area contributed by atoms with Crippen molar-refractivity contribution in [3.63, 3.8) is 0 Å². The van der Waals surface area contributed by atoms with Crippen molar-refractivity contribution in [2.75, 3.05) is 0 Å². The maximum Gasteiger partial charge on any atom is 0.167 e. The van der Waals surface area contributed by atoms with Crippen LogP contribution < -0.4 is 0 Å². The van der Waals surface area contributed by atoms with E-state index in [0.717, 1.165) is 93.6 Å². The van der Waals surface area contributed by atoms with Gasteiger partial charge in [-0.3, -0.25) is 0 Å². The van der Waals surface area contributed by atoms with Gasteiger partial charge in [0.2, 0.25) is 0 Å². The van der Waals surface area contributed by atoms with Crippen LogP contribution in [0.3, 0.4) is 0 Å². The summed E-state index contributed by atoms with van der Waals surface area (Å²) in [4.78, 5) is 15.1. The first-order valence-corrected chi connectivity index (χ1v) is 18.0. The second kappa shape index (κ2) is 12.1. The number of rotatable bonds is 5. The fraction of sp³-hybridized carbons (Fsp3) is 0. The molecule has 3 aromatic heterocycles. The zero-order chi connectivity index (χ0) is 35.6. The smallest absolute Gasteiger partial charge is 0.167 e. The summed E-state index contributed by atoms with van der Waals surface area (Å²) >= 11 is 0. The molecule has 5 nitrogen and oxygen atoms in total. The number of hydrogen-bond acceptors (Lipinski definition) is 5. The highest BCUT2D eigenvalue weighted by atomic mass is 16.3. The van der Waals surface area contributed by atoms with E-state index in [1.165, 1.54) is 0 Å². The molecule has 0 saturated heterocycles. The van der Waals surface area contributed by atoms with E-state index in [1.807, 2.05) is 66.7 Å². The van der Waals surface area contributed by atoms with E-state index < -0.39 is 0 Å². The Balaban J connectivity index is 1.06. The van der Waals surface area contributed by atoms with E-state index in [9.17, 15) is 0 Å². The number of furan rings is 2. The highest BCUT2D eigenvalue weighted by Crippen LogP contribution is 2.43. The first-order chi connectivity index (χ1) is 26.8. The summed E-state index contributed by atoms with van der Waals surface area (Å²) in [7, 11) is 0. The zero-order valence-corrected chi connectivity index (χ0v) is 28.9. The van der Waals surface area contributed by atoms with E-state index in [4.69, 9.17) is 23.8 Å². The molecule has 0 aliphatic heterocycles. The molecule has 3 heterocycles. The van der Waals surface area contributed by atoms with Crippen LogP contribution in [0.5, 0.6) is 0 Å². The fourth-order valence-corrected chi connectivity index (χ4v) is 7.77. The van der Waals surface area contributed by atoms with Crippen molar-refractivity contribution in [1.82, 2.24) is 15.0 Å². The Morgan fingerprint density at radius 2 is 0.759 bits per heavy atom. The van der Waals surface area contributed by atoms with E-state index in [1.54, 1.807) is 0 Å². The summed E-state index contributed by atoms with van der Waals surface area (Å²) < 4.78 is 13.1. The molecule has 11 aromatic rings. The van der Waals surface area contributed by atoms with Crippen LogP contribution in [0.2, 0.25) is 0 Å². The van der Waals surface area contributed by atoms with Crippen molar-refractivity contribution in [3.8, 4) is 56.4 Å². The van der Waals surface area contributed by atoms with E-state index >= 15 is 0 Å². The first kappa shape index (κ1) is 30.3. The summed E-state index contributed by atoms with van der Waals surface area (Å²) in [6.07, 6.45) is 0. The van der Waals surface area contributed by atoms with E-state index in [2.05, 4.69) is 109 Å². The first-order valence-electron chi connectivity index (χ1n) is 18.0. The maximum absolute atomic E-state index is 6.73. The Hall–Kier alpha value is -7.37. The van der Waals surface area contributed by atoms with Gasteiger partial charge in [-0.25, -0.2) is 15.0 Å². The highest BCUT2D eigenvalue weighted by Gasteiger charge is 2.20. The standard InChI is InChI=1S/C49H29N3O2/c1-3-13-30(14-4-1)34-20-11-22-39-42-29-41(35-17-7-8-19-37(35)46(42)54-44(34)39)31-25-27-33(28-26-31)48-50-47(32-15-5-2-6-16-32)51-49(52-48)40-23-12-21-38-36-18-9-10-24-43(36)53-45(38)40/h1-29H. The van der Waals surface area contributed by atoms with Gasteiger partial charge >= 0.3 is 0 Å². The number of nitrogens with zero attached hydrogens (tertiary/aromatic N) is 3. The van der Waals surface area contributed by atoms with Gasteiger partial charge < -0.3 is 8.83 Å². The van der Waals surface area contributed by atoms with Crippen LogP contribution in [0.4, 0.5) is 0 Å². The molecule has 0 bridgehead atoms. The van der Waals surface area contributed by atoms with Crippen molar-refractivity contribution < 1.29 is 8.83 Å². The van der Waals surface area contributed by atoms with Crippen LogP contribution in [0.1, 0.15) is 0 Å². The second-order valence-electron chi connectivity index (χ2n) is 13.5. The lowest BCUT2D eigenvalue weighted by Gasteiger charge is -2.11. The Kier molecular flexibility index (Phi) is 6.79. The summed E-state index contributed by atoms with van der Waals surface area (Å²) in [5, 5.41) is 6.50. The molecule has 0 saturated carbocycles. The molecule has 0 unspecified atom stereocenters. The molecule has 0 fully saturated rings. The number of para-hydroxylation sites is 3. The Morgan fingerprint density at radius 3 is 1.50 bits per heavy atom. The lowest BCUT2D eigenvalue weighted by Crippen LogP contribution is -2.00. The summed E-state index contributed by atoms with van der Waals surface area (Å²) in [6.45, 7) is 0. The summed E-state index contributed by atoms with van der Waals surface area (Å²) in [5.74, 6) is 1.75. The third-order valence-corrected chi connectivity index (χ3v) is 10.4. The van der Waals surface area contributed by atoms with Gasteiger partial charge in [0.1, 0.15) is 22.3 Å². The van der Waals surface area contributed by atoms with Crippen LogP contribution >= 0.6 is 0 Å². The number of fused-ring (bicyclic) bond motifs is 8. The maximum atomic E-state index is 6.73. The monoisotopic (exact) mass is 691 g/mol. The molecule has 0 N–H and O–H groups in total. The average Bonchev–Trinajstić information content (AvgIpc) is 3.83. The average molecular weight is 692 g/mol. The Morgan fingerprint density at radius 1 is 0.278 bits per heavy atom. The minimum atomic E-state index is 0.561. The van der Waals surface area contributed by atoms with Crippen LogP contribution in [0.25, 0.3) is 111 Å². The molecule has 5 heteroatoms. The lowest BCUT2D eigenvalue weighted by atomic mass is 9.94. The molecule has 54 heavy (non-hydrogen) atoms. The van der Waals surface area contributed by atoms with E-state index in [-0.39, 0.29) is 0 Å². The minimum Gasteiger partial charge on any atom is -0.455 e. The number of hydrogen-bond donors (Lipinski definition) is 0. The van der Waals surface area contributed by atoms with Gasteiger partial charge in [-0.1, -0.05) is 158 Å². The van der Waals surface area contributed by atoms with Gasteiger partial charge in [-0.15, -0.1) is 0 Å². The molecule has 0 aliphatic rings. The quantitative estimate of drug-likeness (QED) is 0.180. The molecule has 0 amide bonds. The number of aromatic nitrogens is 3. The summed E-state index contributed by atoms with van der Waals surface area (Å²) in [6, 6.07) is 60.4. The zero-order valence-electron chi connectivity index (χ0n) is 28.9. The van der Waals surface area contributed by atoms with E-state index in [0.29, 0.717) is 17.5 Å². The molecule has 0 radical (unpaired) electrons. The highest BCUT2D eigenvalue weighted by molar-refractivity contribution is 6.20. The van der Waals surface area contributed by atoms with Gasteiger partial charge in [0.05, 0.1) is 5.56 Å². The van der Waals surface area contributed by atoms with Crippen molar-refractivity contribution >= 4 is 54.6 Å². The van der Waals surface area contributed by atoms with Crippen LogP contribution in [0, 0.1) is 0 Å². The van der Waals surface area contributed by atoms with Crippen LogP contribution in [-0.2, 0) is 0 Å². The predicted molar refractivity (Wildman–Crippen MR) is 219 cm³/mol. The lowest BCUT2D eigenvalue weighted by molar-refractivity contribution is 0.669. The molecule has 11 rings (SSSR count). The SMILES string of the molecule is c1ccc(-c2nc(-c3ccc(-c4cc5c6cccc(-c7ccccc7)c6oc5c5ccccc45)cc3)nc(-c3cccc4c3oc3ccccc34)n2)cc1. The molecule has 0 spiro atoms. The van der Waals surface area contributed by atoms with Crippen molar-refractivity contribution in [2.24, 2.45) is 0 Å². The number of benzene rings is 8. The fourth-order valence-electron chi connectivity index (χ4n) is 7.77. The van der Waals surface area contributed by atoms with Crippen LogP contribution in [-0.4, -0.2) is 15.0 Å². The second-order valence-corrected chi connectivity index (χ2v) is 13.5. The Bertz CT molecular complexity index is 3200. The van der Waals surface area contributed by atoms with Crippen LogP contribution in [0.15, 0.2) is 185 Å². The molecule has 252 valence electrons. The summed E-state index contributed by atoms with van der Waals surface area (Å²) in [5.41, 5.74) is 10.5. The van der Waals surface area contributed by atoms with Crippen molar-refractivity contribution in [2.45, 2.75) is 0 Å². The third kappa shape index (κ3) is 4.83. The minimum absolute atomic E-state index is 0.561. The third-order valence-electron chi connectivity index (χ3n) is 10.4. The van der Waals surface area contributed by atoms with Gasteiger partial charge in [0.15, 0.2) is 17.5 Å². The molecular formula is C49H29N3O2. The molecule has 0 atom stereocenters. The van der Waals surface area contributed by atoms with Crippen molar-refractivity contribution in [3.05, 3.63) is 176 Å². The molecule has 0 aliphatic carbocycles. The normalized spacial score (nSPS) is 11.7. The molecular weight excluding hydrogens is 663 g/mol. The van der Waals surface area contributed by atoms with Gasteiger partial charge in [0.25, 0.3) is 0 Å². The topological polar surface area (TPSA) is 65.0 Å². The van der Waals surface area contributed by atoms with Gasteiger partial charge in [0, 0.05) is 43.6 Å². The van der Waals surface area contributed by atoms with Gasteiger partial charge in [-0.2, -0.15) is 0 Å². The predicted octanol–water partition coefficient (Wildman–Crippen LogP) is 13.2. The largest absolute Gasteiger partial charge is 0.455 e. The van der Waals surface area contributed by atoms with Gasteiger partial charge in [-0.05, 0) is 40.3 Å². The Labute approximate surface area is 309 Å². The molecule has 8 aromatic carbocycles. The van der Waals surface area contributed by atoms with Crippen molar-refractivity contribution in [1.29, 1.82) is 0 Å².